The van der Waals surface area contributed by atoms with E-state index in [9.17, 15) is 0 Å². The van der Waals surface area contributed by atoms with E-state index in [1.165, 1.54) is 32.1 Å². The maximum atomic E-state index is 5.64. The molecule has 0 amide bonds. The quantitative estimate of drug-likeness (QED) is 0.903. The molecule has 1 aromatic rings. The Morgan fingerprint density at radius 3 is 2.76 bits per heavy atom. The van der Waals surface area contributed by atoms with Crippen molar-refractivity contribution in [3.05, 3.63) is 11.9 Å². The summed E-state index contributed by atoms with van der Waals surface area (Å²) in [5.41, 5.74) is 0. The van der Waals surface area contributed by atoms with Gasteiger partial charge in [-0.3, -0.25) is 0 Å². The Kier molecular flexibility index (Phi) is 4.91. The summed E-state index contributed by atoms with van der Waals surface area (Å²) in [4.78, 5) is 9.26. The summed E-state index contributed by atoms with van der Waals surface area (Å²) in [6, 6.07) is 1.88. The maximum absolute atomic E-state index is 5.64. The van der Waals surface area contributed by atoms with Crippen LogP contribution in [0.1, 0.15) is 56.7 Å². The largest absolute Gasteiger partial charge is 0.481 e. The molecule has 0 aromatic carbocycles. The Hall–Kier alpha value is -1.36. The highest BCUT2D eigenvalue weighted by molar-refractivity contribution is 5.39. The zero-order valence-corrected chi connectivity index (χ0v) is 12.8. The Labute approximate surface area is 126 Å². The molecule has 3 rings (SSSR count). The third kappa shape index (κ3) is 3.84. The molecule has 21 heavy (non-hydrogen) atoms. The molecule has 1 atom stereocenters. The third-order valence-electron chi connectivity index (χ3n) is 4.43. The molecular weight excluding hydrogens is 266 g/mol. The molecule has 2 heterocycles. The Morgan fingerprint density at radius 1 is 1.19 bits per heavy atom. The number of aromatic nitrogens is 2. The standard InChI is InChI=1S/C16H25N3O2/c1-20-15-10-14(17-11-13-8-5-9-21-13)18-16(19-15)12-6-3-2-4-7-12/h10,12-13H,2-9,11H2,1H3,(H,17,18,19). The van der Waals surface area contributed by atoms with Gasteiger partial charge in [0.2, 0.25) is 5.88 Å². The number of hydrogen-bond donors (Lipinski definition) is 1. The minimum atomic E-state index is 0.309. The molecule has 1 aliphatic carbocycles. The van der Waals surface area contributed by atoms with Crippen LogP contribution in [0.3, 0.4) is 0 Å². The van der Waals surface area contributed by atoms with Gasteiger partial charge in [-0.2, -0.15) is 4.98 Å². The molecule has 1 saturated heterocycles. The smallest absolute Gasteiger partial charge is 0.218 e. The molecule has 1 saturated carbocycles. The van der Waals surface area contributed by atoms with E-state index in [0.29, 0.717) is 17.9 Å². The van der Waals surface area contributed by atoms with Crippen molar-refractivity contribution in [2.45, 2.75) is 57.0 Å². The number of methoxy groups -OCH3 is 1. The van der Waals surface area contributed by atoms with Crippen molar-refractivity contribution in [1.82, 2.24) is 9.97 Å². The first kappa shape index (κ1) is 14.6. The topological polar surface area (TPSA) is 56.3 Å². The summed E-state index contributed by atoms with van der Waals surface area (Å²) < 4.78 is 11.0. The predicted molar refractivity (Wildman–Crippen MR) is 81.9 cm³/mol. The van der Waals surface area contributed by atoms with Crippen LogP contribution in [0, 0.1) is 0 Å². The zero-order valence-electron chi connectivity index (χ0n) is 12.8. The van der Waals surface area contributed by atoms with Gasteiger partial charge in [-0.25, -0.2) is 4.98 Å². The lowest BCUT2D eigenvalue weighted by Gasteiger charge is -2.21. The highest BCUT2D eigenvalue weighted by Gasteiger charge is 2.20. The molecule has 1 unspecified atom stereocenters. The second-order valence-electron chi connectivity index (χ2n) is 6.00. The normalized spacial score (nSPS) is 23.2. The van der Waals surface area contributed by atoms with Gasteiger partial charge in [-0.15, -0.1) is 0 Å². The van der Waals surface area contributed by atoms with Gasteiger partial charge in [0.25, 0.3) is 0 Å². The fourth-order valence-corrected chi connectivity index (χ4v) is 3.21. The van der Waals surface area contributed by atoms with E-state index in [2.05, 4.69) is 10.3 Å². The van der Waals surface area contributed by atoms with E-state index in [0.717, 1.165) is 37.6 Å². The Bertz CT molecular complexity index is 455. The van der Waals surface area contributed by atoms with Crippen LogP contribution >= 0.6 is 0 Å². The molecule has 0 bridgehead atoms. The average Bonchev–Trinajstić information content (AvgIpc) is 3.07. The van der Waals surface area contributed by atoms with Crippen molar-refractivity contribution >= 4 is 5.82 Å². The minimum Gasteiger partial charge on any atom is -0.481 e. The van der Waals surface area contributed by atoms with Gasteiger partial charge in [-0.05, 0) is 25.7 Å². The molecule has 2 fully saturated rings. The molecule has 0 spiro atoms. The molecule has 0 radical (unpaired) electrons. The lowest BCUT2D eigenvalue weighted by atomic mass is 9.89. The molecule has 5 heteroatoms. The van der Waals surface area contributed by atoms with Crippen LogP contribution in [0.25, 0.3) is 0 Å². The van der Waals surface area contributed by atoms with Crippen LogP contribution in [0.4, 0.5) is 5.82 Å². The van der Waals surface area contributed by atoms with Crippen LogP contribution in [0.5, 0.6) is 5.88 Å². The summed E-state index contributed by atoms with van der Waals surface area (Å²) in [5, 5.41) is 3.38. The van der Waals surface area contributed by atoms with E-state index in [1.54, 1.807) is 7.11 Å². The SMILES string of the molecule is COc1cc(NCC2CCCO2)nc(C2CCCCC2)n1. The Morgan fingerprint density at radius 2 is 2.05 bits per heavy atom. The van der Waals surface area contributed by atoms with Crippen LogP contribution in [0.15, 0.2) is 6.07 Å². The van der Waals surface area contributed by atoms with Gasteiger partial charge in [0.05, 0.1) is 13.2 Å². The summed E-state index contributed by atoms with van der Waals surface area (Å²) in [6.45, 7) is 1.69. The fraction of sp³-hybridized carbons (Fsp3) is 0.750. The van der Waals surface area contributed by atoms with Crippen LogP contribution < -0.4 is 10.1 Å². The maximum Gasteiger partial charge on any atom is 0.218 e. The summed E-state index contributed by atoms with van der Waals surface area (Å²) in [7, 11) is 1.66. The number of nitrogens with zero attached hydrogens (tertiary/aromatic N) is 2. The van der Waals surface area contributed by atoms with E-state index >= 15 is 0 Å². The average molecular weight is 291 g/mol. The summed E-state index contributed by atoms with van der Waals surface area (Å²) in [5.74, 6) is 2.93. The lowest BCUT2D eigenvalue weighted by molar-refractivity contribution is 0.120. The number of ether oxygens (including phenoxy) is 2. The highest BCUT2D eigenvalue weighted by atomic mass is 16.5. The van der Waals surface area contributed by atoms with E-state index in [-0.39, 0.29) is 0 Å². The van der Waals surface area contributed by atoms with Gasteiger partial charge < -0.3 is 14.8 Å². The first-order valence-corrected chi connectivity index (χ1v) is 8.13. The Balaban J connectivity index is 1.69. The molecule has 116 valence electrons. The van der Waals surface area contributed by atoms with Crippen molar-refractivity contribution < 1.29 is 9.47 Å². The number of rotatable bonds is 5. The van der Waals surface area contributed by atoms with Crippen LogP contribution in [-0.2, 0) is 4.74 Å². The van der Waals surface area contributed by atoms with Crippen molar-refractivity contribution in [2.24, 2.45) is 0 Å². The van der Waals surface area contributed by atoms with Crippen molar-refractivity contribution in [3.63, 3.8) is 0 Å². The third-order valence-corrected chi connectivity index (χ3v) is 4.43. The highest BCUT2D eigenvalue weighted by Crippen LogP contribution is 2.32. The number of anilines is 1. The van der Waals surface area contributed by atoms with Gasteiger partial charge in [0.15, 0.2) is 0 Å². The second kappa shape index (κ2) is 7.07. The van der Waals surface area contributed by atoms with Gasteiger partial charge in [0, 0.05) is 25.1 Å². The van der Waals surface area contributed by atoms with Crippen LogP contribution in [0.2, 0.25) is 0 Å². The van der Waals surface area contributed by atoms with E-state index in [4.69, 9.17) is 14.5 Å². The summed E-state index contributed by atoms with van der Waals surface area (Å²) >= 11 is 0. The first-order chi connectivity index (χ1) is 10.3. The predicted octanol–water partition coefficient (Wildman–Crippen LogP) is 3.12. The van der Waals surface area contributed by atoms with Crippen molar-refractivity contribution in [1.29, 1.82) is 0 Å². The number of hydrogen-bond acceptors (Lipinski definition) is 5. The van der Waals surface area contributed by atoms with Gasteiger partial charge in [-0.1, -0.05) is 19.3 Å². The monoisotopic (exact) mass is 291 g/mol. The number of nitrogens with one attached hydrogen (secondary N) is 1. The van der Waals surface area contributed by atoms with Crippen LogP contribution in [-0.4, -0.2) is 36.3 Å². The minimum absolute atomic E-state index is 0.309. The van der Waals surface area contributed by atoms with E-state index in [1.807, 2.05) is 6.07 Å². The zero-order chi connectivity index (χ0) is 14.5. The summed E-state index contributed by atoms with van der Waals surface area (Å²) in [6.07, 6.45) is 8.89. The molecule has 5 nitrogen and oxygen atoms in total. The van der Waals surface area contributed by atoms with Crippen molar-refractivity contribution in [2.75, 3.05) is 25.6 Å². The molecule has 1 aromatic heterocycles. The fourth-order valence-electron chi connectivity index (χ4n) is 3.21. The van der Waals surface area contributed by atoms with Gasteiger partial charge in [0.1, 0.15) is 11.6 Å². The van der Waals surface area contributed by atoms with Crippen molar-refractivity contribution in [3.8, 4) is 5.88 Å². The molecule has 2 aliphatic rings. The molecule has 1 aliphatic heterocycles. The molecular formula is C16H25N3O2. The lowest BCUT2D eigenvalue weighted by Crippen LogP contribution is -2.20. The van der Waals surface area contributed by atoms with Gasteiger partial charge >= 0.3 is 0 Å². The second-order valence-corrected chi connectivity index (χ2v) is 6.00. The van der Waals surface area contributed by atoms with E-state index < -0.39 is 0 Å². The first-order valence-electron chi connectivity index (χ1n) is 8.13. The molecule has 1 N–H and O–H groups in total.